The molecule has 6 heteroatoms. The molecule has 1 heterocycles. The first kappa shape index (κ1) is 12.4. The van der Waals surface area contributed by atoms with Crippen molar-refractivity contribution in [3.05, 3.63) is 34.5 Å². The predicted octanol–water partition coefficient (Wildman–Crippen LogP) is 3.01. The Labute approximate surface area is 108 Å². The van der Waals surface area contributed by atoms with Crippen molar-refractivity contribution in [2.45, 2.75) is 6.92 Å². The second-order valence-corrected chi connectivity index (χ2v) is 4.04. The van der Waals surface area contributed by atoms with Gasteiger partial charge in [-0.1, -0.05) is 22.8 Å². The smallest absolute Gasteiger partial charge is 0.358 e. The van der Waals surface area contributed by atoms with Crippen molar-refractivity contribution >= 4 is 17.6 Å². The molecule has 1 aromatic carbocycles. The Morgan fingerprint density at radius 3 is 2.78 bits per heavy atom. The van der Waals surface area contributed by atoms with Gasteiger partial charge in [-0.3, -0.25) is 0 Å². The second kappa shape index (κ2) is 4.70. The topological polar surface area (TPSA) is 72.6 Å². The number of aryl methyl sites for hydroxylation is 1. The molecule has 0 unspecified atom stereocenters. The third-order valence-corrected chi connectivity index (χ3v) is 2.96. The maximum atomic E-state index is 10.7. The molecular weight excluding hydrogens is 258 g/mol. The van der Waals surface area contributed by atoms with Crippen LogP contribution in [0.25, 0.3) is 11.3 Å². The highest BCUT2D eigenvalue weighted by Crippen LogP contribution is 2.38. The van der Waals surface area contributed by atoms with E-state index >= 15 is 0 Å². The largest absolute Gasteiger partial charge is 0.494 e. The summed E-state index contributed by atoms with van der Waals surface area (Å²) in [6.45, 7) is 1.84. The Kier molecular flexibility index (Phi) is 3.25. The fourth-order valence-electron chi connectivity index (χ4n) is 1.55. The van der Waals surface area contributed by atoms with E-state index in [2.05, 4.69) is 5.16 Å². The zero-order valence-corrected chi connectivity index (χ0v) is 10.5. The molecular formula is C12H10ClNO4. The molecule has 18 heavy (non-hydrogen) atoms. The monoisotopic (exact) mass is 267 g/mol. The molecule has 0 aliphatic heterocycles. The molecule has 0 amide bonds. The highest BCUT2D eigenvalue weighted by atomic mass is 35.5. The van der Waals surface area contributed by atoms with Crippen LogP contribution in [0, 0.1) is 6.92 Å². The first-order chi connectivity index (χ1) is 8.54. The Balaban J connectivity index is 2.56. The minimum absolute atomic E-state index is 0.163. The maximum Gasteiger partial charge on any atom is 0.358 e. The van der Waals surface area contributed by atoms with E-state index in [1.807, 2.05) is 6.92 Å². The van der Waals surface area contributed by atoms with Gasteiger partial charge in [-0.15, -0.1) is 0 Å². The summed E-state index contributed by atoms with van der Waals surface area (Å²) >= 11 is 6.11. The lowest BCUT2D eigenvalue weighted by atomic mass is 10.1. The number of hydrogen-bond donors (Lipinski definition) is 1. The van der Waals surface area contributed by atoms with Gasteiger partial charge >= 0.3 is 5.97 Å². The van der Waals surface area contributed by atoms with E-state index in [4.69, 9.17) is 26.0 Å². The Morgan fingerprint density at radius 1 is 1.50 bits per heavy atom. The number of ether oxygens (including phenoxy) is 1. The van der Waals surface area contributed by atoms with Crippen molar-refractivity contribution in [2.24, 2.45) is 0 Å². The Bertz CT molecular complexity index is 606. The number of aromatic nitrogens is 1. The van der Waals surface area contributed by atoms with E-state index in [-0.39, 0.29) is 5.69 Å². The van der Waals surface area contributed by atoms with Crippen LogP contribution in [0.4, 0.5) is 0 Å². The van der Waals surface area contributed by atoms with Crippen molar-refractivity contribution in [1.82, 2.24) is 5.16 Å². The molecule has 0 saturated heterocycles. The van der Waals surface area contributed by atoms with Crippen LogP contribution in [0.2, 0.25) is 5.02 Å². The van der Waals surface area contributed by atoms with E-state index in [1.165, 1.54) is 13.2 Å². The molecule has 0 spiro atoms. The fourth-order valence-corrected chi connectivity index (χ4v) is 1.79. The van der Waals surface area contributed by atoms with Crippen LogP contribution in [0.1, 0.15) is 16.1 Å². The highest BCUT2D eigenvalue weighted by molar-refractivity contribution is 6.33. The number of methoxy groups -OCH3 is 1. The van der Waals surface area contributed by atoms with Gasteiger partial charge in [0.1, 0.15) is 5.75 Å². The van der Waals surface area contributed by atoms with Gasteiger partial charge in [0, 0.05) is 6.07 Å². The van der Waals surface area contributed by atoms with Crippen LogP contribution >= 0.6 is 11.6 Å². The number of rotatable bonds is 3. The van der Waals surface area contributed by atoms with Gasteiger partial charge < -0.3 is 14.4 Å². The zero-order valence-electron chi connectivity index (χ0n) is 9.73. The van der Waals surface area contributed by atoms with Gasteiger partial charge in [-0.2, -0.15) is 0 Å². The van der Waals surface area contributed by atoms with Crippen LogP contribution in [0.15, 0.2) is 22.7 Å². The Hall–Kier alpha value is -2.01. The minimum Gasteiger partial charge on any atom is -0.494 e. The average Bonchev–Trinajstić information content (AvgIpc) is 2.82. The SMILES string of the molecule is COc1c(-c2cc(C(=O)O)no2)ccc(C)c1Cl. The van der Waals surface area contributed by atoms with Gasteiger partial charge in [0.2, 0.25) is 0 Å². The van der Waals surface area contributed by atoms with Crippen molar-refractivity contribution in [3.63, 3.8) is 0 Å². The molecule has 0 bridgehead atoms. The number of halogens is 1. The number of nitrogens with zero attached hydrogens (tertiary/aromatic N) is 1. The maximum absolute atomic E-state index is 10.7. The summed E-state index contributed by atoms with van der Waals surface area (Å²) in [6, 6.07) is 4.86. The van der Waals surface area contributed by atoms with Crippen LogP contribution in [-0.4, -0.2) is 23.3 Å². The molecule has 0 radical (unpaired) electrons. The third-order valence-electron chi connectivity index (χ3n) is 2.49. The van der Waals surface area contributed by atoms with Crippen LogP contribution in [0.5, 0.6) is 5.75 Å². The van der Waals surface area contributed by atoms with Gasteiger partial charge in [0.15, 0.2) is 11.5 Å². The van der Waals surface area contributed by atoms with Gasteiger partial charge in [-0.05, 0) is 18.6 Å². The van der Waals surface area contributed by atoms with Gasteiger partial charge in [0.05, 0.1) is 17.7 Å². The molecule has 5 nitrogen and oxygen atoms in total. The summed E-state index contributed by atoms with van der Waals surface area (Å²) in [7, 11) is 1.48. The van der Waals surface area contributed by atoms with E-state index in [9.17, 15) is 4.79 Å². The van der Waals surface area contributed by atoms with E-state index in [0.717, 1.165) is 5.56 Å². The lowest BCUT2D eigenvalue weighted by Crippen LogP contribution is -1.94. The third kappa shape index (κ3) is 2.04. The molecule has 2 aromatic rings. The molecule has 0 fully saturated rings. The number of carboxylic acid groups (broad SMARTS) is 1. The molecule has 2 rings (SSSR count). The summed E-state index contributed by atoms with van der Waals surface area (Å²) in [5.41, 5.74) is 1.26. The summed E-state index contributed by atoms with van der Waals surface area (Å²) < 4.78 is 10.2. The van der Waals surface area contributed by atoms with Crippen LogP contribution in [0.3, 0.4) is 0 Å². The fraction of sp³-hybridized carbons (Fsp3) is 0.167. The molecule has 94 valence electrons. The Morgan fingerprint density at radius 2 is 2.22 bits per heavy atom. The lowest BCUT2D eigenvalue weighted by molar-refractivity contribution is 0.0686. The number of carboxylic acids is 1. The van der Waals surface area contributed by atoms with Crippen LogP contribution < -0.4 is 4.74 Å². The lowest BCUT2D eigenvalue weighted by Gasteiger charge is -2.09. The van der Waals surface area contributed by atoms with Crippen molar-refractivity contribution in [3.8, 4) is 17.1 Å². The molecule has 0 saturated carbocycles. The second-order valence-electron chi connectivity index (χ2n) is 3.66. The summed E-state index contributed by atoms with van der Waals surface area (Å²) in [4.78, 5) is 10.7. The summed E-state index contributed by atoms with van der Waals surface area (Å²) in [5.74, 6) is -0.418. The molecule has 1 N–H and O–H groups in total. The van der Waals surface area contributed by atoms with E-state index < -0.39 is 5.97 Å². The quantitative estimate of drug-likeness (QED) is 0.925. The zero-order chi connectivity index (χ0) is 13.3. The number of aromatic carboxylic acids is 1. The molecule has 0 aliphatic carbocycles. The first-order valence-electron chi connectivity index (χ1n) is 5.08. The summed E-state index contributed by atoms with van der Waals surface area (Å²) in [5, 5.41) is 12.7. The van der Waals surface area contributed by atoms with Crippen molar-refractivity contribution in [2.75, 3.05) is 7.11 Å². The number of benzene rings is 1. The standard InChI is InChI=1S/C12H10ClNO4/c1-6-3-4-7(11(17-2)10(6)13)9-5-8(12(15)16)14-18-9/h3-5H,1-2H3,(H,15,16). The highest BCUT2D eigenvalue weighted by Gasteiger charge is 2.18. The molecule has 0 atom stereocenters. The normalized spacial score (nSPS) is 10.4. The van der Waals surface area contributed by atoms with Crippen molar-refractivity contribution in [1.29, 1.82) is 0 Å². The van der Waals surface area contributed by atoms with E-state index in [1.54, 1.807) is 12.1 Å². The van der Waals surface area contributed by atoms with Gasteiger partial charge in [0.25, 0.3) is 0 Å². The average molecular weight is 268 g/mol. The van der Waals surface area contributed by atoms with Crippen LogP contribution in [-0.2, 0) is 0 Å². The van der Waals surface area contributed by atoms with E-state index in [0.29, 0.717) is 22.1 Å². The van der Waals surface area contributed by atoms with Gasteiger partial charge in [-0.25, -0.2) is 4.79 Å². The molecule has 1 aromatic heterocycles. The number of carbonyl (C=O) groups is 1. The van der Waals surface area contributed by atoms with Crippen molar-refractivity contribution < 1.29 is 19.2 Å². The first-order valence-corrected chi connectivity index (χ1v) is 5.46. The summed E-state index contributed by atoms with van der Waals surface area (Å²) in [6.07, 6.45) is 0. The minimum atomic E-state index is -1.15. The predicted molar refractivity (Wildman–Crippen MR) is 65.2 cm³/mol. The molecule has 0 aliphatic rings. The number of hydrogen-bond acceptors (Lipinski definition) is 4.